The van der Waals surface area contributed by atoms with Crippen LogP contribution in [-0.2, 0) is 0 Å². The van der Waals surface area contributed by atoms with Gasteiger partial charge in [0.15, 0.2) is 6.39 Å². The number of nitrogens with zero attached hydrogens (tertiary/aromatic N) is 2. The van der Waals surface area contributed by atoms with Gasteiger partial charge in [0, 0.05) is 5.69 Å². The van der Waals surface area contributed by atoms with Crippen molar-refractivity contribution in [1.29, 1.82) is 5.26 Å². The lowest BCUT2D eigenvalue weighted by molar-refractivity contribution is 0.0996. The molecule has 5 nitrogen and oxygen atoms in total. The first-order valence-electron chi connectivity index (χ1n) is 4.92. The Morgan fingerprint density at radius 1 is 1.41 bits per heavy atom. The molecule has 1 N–H and O–H groups in total. The minimum absolute atomic E-state index is 0.189. The van der Waals surface area contributed by atoms with Gasteiger partial charge < -0.3 is 9.73 Å². The third kappa shape index (κ3) is 2.32. The molecule has 2 aromatic rings. The van der Waals surface area contributed by atoms with E-state index in [0.717, 1.165) is 0 Å². The van der Waals surface area contributed by atoms with Gasteiger partial charge in [0.25, 0.3) is 5.91 Å². The standard InChI is InChI=1S/C12H9N3O2/c1-8-11(17-7-14-8)12(16)15-10-4-2-9(6-13)3-5-10/h2-5,7H,1H3,(H,15,16). The van der Waals surface area contributed by atoms with E-state index in [2.05, 4.69) is 10.3 Å². The normalized spacial score (nSPS) is 9.65. The number of amides is 1. The molecule has 0 bridgehead atoms. The number of aryl methyl sites for hydroxylation is 1. The first kappa shape index (κ1) is 10.9. The maximum Gasteiger partial charge on any atom is 0.293 e. The Morgan fingerprint density at radius 2 is 2.12 bits per heavy atom. The second-order valence-electron chi connectivity index (χ2n) is 3.41. The van der Waals surface area contributed by atoms with Crippen LogP contribution in [0.25, 0.3) is 0 Å². The van der Waals surface area contributed by atoms with E-state index in [1.165, 1.54) is 6.39 Å². The van der Waals surface area contributed by atoms with Gasteiger partial charge in [0.2, 0.25) is 5.76 Å². The topological polar surface area (TPSA) is 78.9 Å². The molecule has 0 radical (unpaired) electrons. The molecule has 0 unspecified atom stereocenters. The zero-order chi connectivity index (χ0) is 12.3. The summed E-state index contributed by atoms with van der Waals surface area (Å²) in [6.07, 6.45) is 1.23. The van der Waals surface area contributed by atoms with E-state index < -0.39 is 0 Å². The van der Waals surface area contributed by atoms with Crippen molar-refractivity contribution in [3.05, 3.63) is 47.7 Å². The van der Waals surface area contributed by atoms with E-state index in [0.29, 0.717) is 16.9 Å². The molecule has 1 aromatic carbocycles. The molecule has 0 aliphatic heterocycles. The third-order valence-corrected chi connectivity index (χ3v) is 2.22. The number of rotatable bonds is 2. The number of benzene rings is 1. The van der Waals surface area contributed by atoms with E-state index in [1.807, 2.05) is 6.07 Å². The average molecular weight is 227 g/mol. The van der Waals surface area contributed by atoms with Crippen molar-refractivity contribution in [2.75, 3.05) is 5.32 Å². The van der Waals surface area contributed by atoms with E-state index in [9.17, 15) is 4.79 Å². The molecular weight excluding hydrogens is 218 g/mol. The van der Waals surface area contributed by atoms with Crippen LogP contribution in [0, 0.1) is 18.3 Å². The molecule has 17 heavy (non-hydrogen) atoms. The molecular formula is C12H9N3O2. The molecule has 84 valence electrons. The van der Waals surface area contributed by atoms with Crippen LogP contribution < -0.4 is 5.32 Å². The lowest BCUT2D eigenvalue weighted by atomic mass is 10.2. The summed E-state index contributed by atoms with van der Waals surface area (Å²) in [7, 11) is 0. The zero-order valence-electron chi connectivity index (χ0n) is 9.10. The molecule has 1 amide bonds. The SMILES string of the molecule is Cc1ncoc1C(=O)Nc1ccc(C#N)cc1. The number of anilines is 1. The van der Waals surface area contributed by atoms with Gasteiger partial charge in [-0.3, -0.25) is 4.79 Å². The maximum absolute atomic E-state index is 11.7. The Labute approximate surface area is 97.7 Å². The fourth-order valence-electron chi connectivity index (χ4n) is 1.34. The highest BCUT2D eigenvalue weighted by molar-refractivity contribution is 6.02. The highest BCUT2D eigenvalue weighted by Gasteiger charge is 2.13. The van der Waals surface area contributed by atoms with E-state index in [-0.39, 0.29) is 11.7 Å². The molecule has 0 saturated carbocycles. The van der Waals surface area contributed by atoms with Gasteiger partial charge >= 0.3 is 0 Å². The Kier molecular flexibility index (Phi) is 2.88. The number of carbonyl (C=O) groups excluding carboxylic acids is 1. The summed E-state index contributed by atoms with van der Waals surface area (Å²) in [6, 6.07) is 8.57. The van der Waals surface area contributed by atoms with Crippen LogP contribution in [-0.4, -0.2) is 10.9 Å². The summed E-state index contributed by atoms with van der Waals surface area (Å²) in [6.45, 7) is 1.69. The monoisotopic (exact) mass is 227 g/mol. The Balaban J connectivity index is 2.14. The molecule has 0 aliphatic carbocycles. The molecule has 1 heterocycles. The van der Waals surface area contributed by atoms with Crippen molar-refractivity contribution < 1.29 is 9.21 Å². The number of nitriles is 1. The van der Waals surface area contributed by atoms with Crippen molar-refractivity contribution in [3.63, 3.8) is 0 Å². The minimum Gasteiger partial charge on any atom is -0.438 e. The molecule has 0 spiro atoms. The second-order valence-corrected chi connectivity index (χ2v) is 3.41. The third-order valence-electron chi connectivity index (χ3n) is 2.22. The molecule has 0 atom stereocenters. The van der Waals surface area contributed by atoms with Crippen molar-refractivity contribution in [1.82, 2.24) is 4.98 Å². The molecule has 0 fully saturated rings. The second kappa shape index (κ2) is 4.49. The minimum atomic E-state index is -0.357. The van der Waals surface area contributed by atoms with Gasteiger partial charge in [-0.2, -0.15) is 5.26 Å². The largest absolute Gasteiger partial charge is 0.438 e. The maximum atomic E-state index is 11.7. The zero-order valence-corrected chi connectivity index (χ0v) is 9.10. The molecule has 0 saturated heterocycles. The summed E-state index contributed by atoms with van der Waals surface area (Å²) in [5.41, 5.74) is 1.68. The van der Waals surface area contributed by atoms with Crippen LogP contribution in [0.2, 0.25) is 0 Å². The van der Waals surface area contributed by atoms with Crippen LogP contribution in [0.15, 0.2) is 35.1 Å². The van der Waals surface area contributed by atoms with Crippen molar-refractivity contribution in [3.8, 4) is 6.07 Å². The number of nitrogens with one attached hydrogen (secondary N) is 1. The lowest BCUT2D eigenvalue weighted by Crippen LogP contribution is -2.12. The van der Waals surface area contributed by atoms with Gasteiger partial charge in [0.1, 0.15) is 0 Å². The molecule has 5 heteroatoms. The Morgan fingerprint density at radius 3 is 2.65 bits per heavy atom. The van der Waals surface area contributed by atoms with E-state index in [4.69, 9.17) is 9.68 Å². The average Bonchev–Trinajstić information content (AvgIpc) is 2.76. The quantitative estimate of drug-likeness (QED) is 0.852. The van der Waals surface area contributed by atoms with Gasteiger partial charge in [-0.05, 0) is 31.2 Å². The first-order chi connectivity index (χ1) is 8.20. The smallest absolute Gasteiger partial charge is 0.293 e. The van der Waals surface area contributed by atoms with Gasteiger partial charge in [0.05, 0.1) is 17.3 Å². The van der Waals surface area contributed by atoms with Crippen molar-refractivity contribution in [2.45, 2.75) is 6.92 Å². The molecule has 0 aliphatic rings. The van der Waals surface area contributed by atoms with Crippen LogP contribution in [0.1, 0.15) is 21.8 Å². The fraction of sp³-hybridized carbons (Fsp3) is 0.0833. The Hall–Kier alpha value is -2.61. The molecule has 2 rings (SSSR count). The highest BCUT2D eigenvalue weighted by atomic mass is 16.3. The number of carbonyl (C=O) groups is 1. The number of oxazole rings is 1. The van der Waals surface area contributed by atoms with E-state index in [1.54, 1.807) is 31.2 Å². The summed E-state index contributed by atoms with van der Waals surface area (Å²) in [4.78, 5) is 15.6. The number of hydrogen-bond donors (Lipinski definition) is 1. The van der Waals surface area contributed by atoms with Crippen LogP contribution >= 0.6 is 0 Å². The number of hydrogen-bond acceptors (Lipinski definition) is 4. The summed E-state index contributed by atoms with van der Waals surface area (Å²) in [5, 5.41) is 11.3. The van der Waals surface area contributed by atoms with Crippen LogP contribution in [0.4, 0.5) is 5.69 Å². The molecule has 1 aromatic heterocycles. The van der Waals surface area contributed by atoms with Gasteiger partial charge in [-0.15, -0.1) is 0 Å². The van der Waals surface area contributed by atoms with Gasteiger partial charge in [-0.1, -0.05) is 0 Å². The first-order valence-corrected chi connectivity index (χ1v) is 4.92. The van der Waals surface area contributed by atoms with Crippen molar-refractivity contribution in [2.24, 2.45) is 0 Å². The highest BCUT2D eigenvalue weighted by Crippen LogP contribution is 2.12. The Bertz CT molecular complexity index is 579. The van der Waals surface area contributed by atoms with Crippen molar-refractivity contribution >= 4 is 11.6 Å². The van der Waals surface area contributed by atoms with Gasteiger partial charge in [-0.25, -0.2) is 4.98 Å². The summed E-state index contributed by atoms with van der Waals surface area (Å²) < 4.78 is 4.97. The predicted octanol–water partition coefficient (Wildman–Crippen LogP) is 2.11. The predicted molar refractivity (Wildman–Crippen MR) is 60.4 cm³/mol. The fourth-order valence-corrected chi connectivity index (χ4v) is 1.34. The van der Waals surface area contributed by atoms with E-state index >= 15 is 0 Å². The summed E-state index contributed by atoms with van der Waals surface area (Å²) >= 11 is 0. The number of aromatic nitrogens is 1. The lowest BCUT2D eigenvalue weighted by Gasteiger charge is -2.02. The van der Waals surface area contributed by atoms with Crippen LogP contribution in [0.3, 0.4) is 0 Å². The van der Waals surface area contributed by atoms with Crippen LogP contribution in [0.5, 0.6) is 0 Å². The summed E-state index contributed by atoms with van der Waals surface area (Å²) in [5.74, 6) is -0.168.